The fraction of sp³-hybridized carbons (Fsp3) is 0.600. The summed E-state index contributed by atoms with van der Waals surface area (Å²) in [6.45, 7) is 0.722. The minimum Gasteiger partial charge on any atom is -0.497 e. The number of nitrogens with zero attached hydrogens (tertiary/aromatic N) is 1. The lowest BCUT2D eigenvalue weighted by Gasteiger charge is -2.24. The van der Waals surface area contributed by atoms with Crippen LogP contribution in [0.1, 0.15) is 19.3 Å². The lowest BCUT2D eigenvalue weighted by atomic mass is 9.90. The van der Waals surface area contributed by atoms with Crippen LogP contribution in [-0.2, 0) is 10.0 Å². The summed E-state index contributed by atoms with van der Waals surface area (Å²) in [5.41, 5.74) is 0. The maximum absolute atomic E-state index is 12.8. The van der Waals surface area contributed by atoms with E-state index in [1.165, 1.54) is 12.8 Å². The molecular weight excluding hydrogens is 274 g/mol. The molecule has 3 aliphatic rings. The molecule has 2 saturated carbocycles. The SMILES string of the molecule is COc1ccc(S(=O)(=O)N2CC3CC4CC3C2C4)cc1. The smallest absolute Gasteiger partial charge is 0.243 e. The molecule has 4 nitrogen and oxygen atoms in total. The summed E-state index contributed by atoms with van der Waals surface area (Å²) < 4.78 is 32.5. The number of benzene rings is 1. The average Bonchev–Trinajstić information content (AvgIpc) is 3.06. The van der Waals surface area contributed by atoms with Crippen molar-refractivity contribution in [1.82, 2.24) is 4.31 Å². The molecule has 0 amide bonds. The van der Waals surface area contributed by atoms with Crippen molar-refractivity contribution < 1.29 is 13.2 Å². The molecule has 2 aliphatic carbocycles. The number of hydrogen-bond donors (Lipinski definition) is 0. The van der Waals surface area contributed by atoms with Gasteiger partial charge in [-0.2, -0.15) is 4.31 Å². The maximum atomic E-state index is 12.8. The predicted molar refractivity (Wildman–Crippen MR) is 75.0 cm³/mol. The molecule has 4 unspecified atom stereocenters. The third-order valence-corrected chi connectivity index (χ3v) is 7.27. The monoisotopic (exact) mass is 293 g/mol. The van der Waals surface area contributed by atoms with E-state index >= 15 is 0 Å². The largest absolute Gasteiger partial charge is 0.497 e. The van der Waals surface area contributed by atoms with Crippen LogP contribution in [0, 0.1) is 17.8 Å². The third-order valence-electron chi connectivity index (χ3n) is 5.37. The van der Waals surface area contributed by atoms with Crippen molar-refractivity contribution in [2.75, 3.05) is 13.7 Å². The molecule has 0 radical (unpaired) electrons. The highest BCUT2D eigenvalue weighted by Crippen LogP contribution is 2.55. The van der Waals surface area contributed by atoms with Crippen LogP contribution in [-0.4, -0.2) is 32.4 Å². The van der Waals surface area contributed by atoms with Gasteiger partial charge in [0.15, 0.2) is 0 Å². The second-order valence-corrected chi connectivity index (χ2v) is 8.21. The van der Waals surface area contributed by atoms with Gasteiger partial charge >= 0.3 is 0 Å². The topological polar surface area (TPSA) is 46.6 Å². The predicted octanol–water partition coefficient (Wildman–Crippen LogP) is 2.11. The van der Waals surface area contributed by atoms with E-state index in [1.54, 1.807) is 35.7 Å². The summed E-state index contributed by atoms with van der Waals surface area (Å²) in [6.07, 6.45) is 3.54. The highest BCUT2D eigenvalue weighted by Gasteiger charge is 2.56. The molecule has 0 N–H and O–H groups in total. The Labute approximate surface area is 119 Å². The quantitative estimate of drug-likeness (QED) is 0.857. The maximum Gasteiger partial charge on any atom is 0.243 e. The number of rotatable bonds is 3. The van der Waals surface area contributed by atoms with Gasteiger partial charge in [0.05, 0.1) is 12.0 Å². The molecule has 108 valence electrons. The summed E-state index contributed by atoms with van der Waals surface area (Å²) in [6, 6.07) is 7.00. The normalized spacial score (nSPS) is 35.6. The van der Waals surface area contributed by atoms with E-state index in [0.717, 1.165) is 18.9 Å². The molecule has 1 heterocycles. The number of sulfonamides is 1. The van der Waals surface area contributed by atoms with Gasteiger partial charge < -0.3 is 4.74 Å². The second kappa shape index (κ2) is 4.21. The lowest BCUT2D eigenvalue weighted by Crippen LogP contribution is -2.36. The van der Waals surface area contributed by atoms with Crippen molar-refractivity contribution in [2.45, 2.75) is 30.2 Å². The molecule has 1 aliphatic heterocycles. The van der Waals surface area contributed by atoms with Crippen molar-refractivity contribution in [2.24, 2.45) is 17.8 Å². The minimum atomic E-state index is -3.35. The Bertz CT molecular complexity index is 623. The Morgan fingerprint density at radius 3 is 2.50 bits per heavy atom. The van der Waals surface area contributed by atoms with Crippen LogP contribution in [0.4, 0.5) is 0 Å². The van der Waals surface area contributed by atoms with Gasteiger partial charge in [-0.3, -0.25) is 0 Å². The molecule has 5 heteroatoms. The lowest BCUT2D eigenvalue weighted by molar-refractivity contribution is 0.338. The average molecular weight is 293 g/mol. The number of fused-ring (bicyclic) bond motifs is 1. The van der Waals surface area contributed by atoms with Crippen molar-refractivity contribution in [1.29, 1.82) is 0 Å². The van der Waals surface area contributed by atoms with Gasteiger partial charge in [-0.15, -0.1) is 0 Å². The van der Waals surface area contributed by atoms with Crippen LogP contribution in [0.3, 0.4) is 0 Å². The molecule has 2 bridgehead atoms. The summed E-state index contributed by atoms with van der Waals surface area (Å²) in [5.74, 6) is 2.68. The first-order chi connectivity index (χ1) is 9.59. The Morgan fingerprint density at radius 2 is 1.90 bits per heavy atom. The Morgan fingerprint density at radius 1 is 1.15 bits per heavy atom. The van der Waals surface area contributed by atoms with Crippen LogP contribution in [0.25, 0.3) is 0 Å². The first-order valence-corrected chi connectivity index (χ1v) is 8.69. The van der Waals surface area contributed by atoms with Crippen LogP contribution >= 0.6 is 0 Å². The first-order valence-electron chi connectivity index (χ1n) is 7.25. The zero-order chi connectivity index (χ0) is 13.9. The zero-order valence-electron chi connectivity index (χ0n) is 11.5. The Kier molecular flexibility index (Phi) is 2.67. The standard InChI is InChI=1S/C15H19NO3S/c1-19-12-2-4-13(5-3-12)20(17,18)16-9-11-6-10-7-14(11)15(16)8-10/h2-5,10-11,14-15H,6-9H2,1H3. The van der Waals surface area contributed by atoms with E-state index in [9.17, 15) is 8.42 Å². The van der Waals surface area contributed by atoms with Crippen LogP contribution in [0.5, 0.6) is 5.75 Å². The van der Waals surface area contributed by atoms with Gasteiger partial charge in [-0.25, -0.2) is 8.42 Å². The Hall–Kier alpha value is -1.07. The van der Waals surface area contributed by atoms with Crippen molar-refractivity contribution in [3.8, 4) is 5.75 Å². The zero-order valence-corrected chi connectivity index (χ0v) is 12.3. The highest BCUT2D eigenvalue weighted by atomic mass is 32.2. The van der Waals surface area contributed by atoms with E-state index in [-0.39, 0.29) is 6.04 Å². The van der Waals surface area contributed by atoms with Gasteiger partial charge in [0.1, 0.15) is 5.75 Å². The molecule has 1 aromatic rings. The minimum absolute atomic E-state index is 0.255. The summed E-state index contributed by atoms with van der Waals surface area (Å²) in [4.78, 5) is 0.392. The highest BCUT2D eigenvalue weighted by molar-refractivity contribution is 7.89. The molecular formula is C15H19NO3S. The van der Waals surface area contributed by atoms with E-state index < -0.39 is 10.0 Å². The van der Waals surface area contributed by atoms with E-state index in [0.29, 0.717) is 22.5 Å². The van der Waals surface area contributed by atoms with Crippen molar-refractivity contribution in [3.05, 3.63) is 24.3 Å². The molecule has 1 saturated heterocycles. The fourth-order valence-electron chi connectivity index (χ4n) is 4.52. The number of hydrogen-bond acceptors (Lipinski definition) is 3. The molecule has 0 aromatic heterocycles. The van der Waals surface area contributed by atoms with Crippen molar-refractivity contribution in [3.63, 3.8) is 0 Å². The van der Waals surface area contributed by atoms with E-state index in [4.69, 9.17) is 4.74 Å². The summed E-state index contributed by atoms with van der Waals surface area (Å²) in [7, 11) is -1.76. The van der Waals surface area contributed by atoms with Crippen molar-refractivity contribution >= 4 is 10.0 Å². The van der Waals surface area contributed by atoms with Gasteiger partial charge in [0.25, 0.3) is 0 Å². The molecule has 4 rings (SSSR count). The van der Waals surface area contributed by atoms with Crippen LogP contribution < -0.4 is 4.74 Å². The van der Waals surface area contributed by atoms with E-state index in [1.807, 2.05) is 0 Å². The molecule has 20 heavy (non-hydrogen) atoms. The summed E-state index contributed by atoms with van der Waals surface area (Å²) in [5, 5.41) is 0. The van der Waals surface area contributed by atoms with E-state index in [2.05, 4.69) is 0 Å². The van der Waals surface area contributed by atoms with Gasteiger partial charge in [0, 0.05) is 12.6 Å². The van der Waals surface area contributed by atoms with Crippen LogP contribution in [0.15, 0.2) is 29.2 Å². The molecule has 3 fully saturated rings. The van der Waals surface area contributed by atoms with Gasteiger partial charge in [-0.05, 0) is 61.3 Å². The number of methoxy groups -OCH3 is 1. The fourth-order valence-corrected chi connectivity index (χ4v) is 6.26. The molecule has 1 aromatic carbocycles. The Balaban J connectivity index is 1.66. The first kappa shape index (κ1) is 12.7. The van der Waals surface area contributed by atoms with Gasteiger partial charge in [-0.1, -0.05) is 0 Å². The summed E-state index contributed by atoms with van der Waals surface area (Å²) >= 11 is 0. The number of ether oxygens (including phenoxy) is 1. The van der Waals surface area contributed by atoms with Crippen LogP contribution in [0.2, 0.25) is 0 Å². The van der Waals surface area contributed by atoms with Gasteiger partial charge in [0.2, 0.25) is 10.0 Å². The second-order valence-electron chi connectivity index (χ2n) is 6.31. The third kappa shape index (κ3) is 1.66. The molecule has 0 spiro atoms. The molecule has 4 atom stereocenters.